The molecule has 0 saturated carbocycles. The van der Waals surface area contributed by atoms with E-state index >= 15 is 0 Å². The highest BCUT2D eigenvalue weighted by atomic mass is 32.1. The Morgan fingerprint density at radius 1 is 1.00 bits per heavy atom. The summed E-state index contributed by atoms with van der Waals surface area (Å²) in [5, 5.41) is 0. The summed E-state index contributed by atoms with van der Waals surface area (Å²) in [6.45, 7) is 5.94. The molecule has 0 aliphatic rings. The number of halogens is 3. The van der Waals surface area contributed by atoms with Crippen LogP contribution in [0.15, 0.2) is 48.5 Å². The summed E-state index contributed by atoms with van der Waals surface area (Å²) in [6.07, 6.45) is -1.49. The van der Waals surface area contributed by atoms with Gasteiger partial charge in [0.05, 0.1) is 5.56 Å². The van der Waals surface area contributed by atoms with Crippen molar-refractivity contribution in [1.29, 1.82) is 0 Å². The van der Waals surface area contributed by atoms with E-state index in [0.717, 1.165) is 24.8 Å². The zero-order valence-corrected chi connectivity index (χ0v) is 17.5. The number of benzene rings is 2. The van der Waals surface area contributed by atoms with E-state index in [0.29, 0.717) is 5.56 Å². The number of unbranched alkanes of at least 4 members (excludes halogenated alkanes) is 1. The summed E-state index contributed by atoms with van der Waals surface area (Å²) >= 11 is 0. The number of nitrogens with zero attached hydrogens (tertiary/aromatic N) is 1. The van der Waals surface area contributed by atoms with Gasteiger partial charge in [0.25, 0.3) is 0 Å². The van der Waals surface area contributed by atoms with Crippen LogP contribution in [0.2, 0.25) is 0 Å². The van der Waals surface area contributed by atoms with Crippen molar-refractivity contribution in [2.24, 2.45) is 0 Å². The van der Waals surface area contributed by atoms with Crippen molar-refractivity contribution >= 4 is 13.5 Å². The average Bonchev–Trinajstić information content (AvgIpc) is 2.60. The molecule has 0 radical (unpaired) electrons. The molecule has 0 aliphatic carbocycles. The molecule has 0 heterocycles. The first-order chi connectivity index (χ1) is 12.2. The zero-order valence-electron chi connectivity index (χ0n) is 16.5. The zero-order chi connectivity index (χ0) is 19.3. The maximum atomic E-state index is 13.3. The van der Waals surface area contributed by atoms with Gasteiger partial charge in [0, 0.05) is 12.1 Å². The third kappa shape index (κ3) is 6.28. The molecular formula is C22H30F3NS. The summed E-state index contributed by atoms with van der Waals surface area (Å²) in [5.41, 5.74) is 2.00. The lowest BCUT2D eigenvalue weighted by atomic mass is 9.94. The minimum Gasteiger partial charge on any atom is -0.293 e. The van der Waals surface area contributed by atoms with Crippen molar-refractivity contribution in [3.05, 3.63) is 70.8 Å². The molecule has 0 spiro atoms. The van der Waals surface area contributed by atoms with Gasteiger partial charge in [-0.15, -0.1) is 0 Å². The Morgan fingerprint density at radius 2 is 1.63 bits per heavy atom. The van der Waals surface area contributed by atoms with Gasteiger partial charge in [-0.25, -0.2) is 0 Å². The van der Waals surface area contributed by atoms with E-state index in [1.165, 1.54) is 17.7 Å². The number of aryl methyl sites for hydroxylation is 1. The molecule has 2 aromatic rings. The molecule has 2 rings (SSSR count). The van der Waals surface area contributed by atoms with Crippen molar-refractivity contribution in [2.75, 3.05) is 7.05 Å². The molecule has 27 heavy (non-hydrogen) atoms. The first kappa shape index (κ1) is 23.6. The molecule has 5 heteroatoms. The van der Waals surface area contributed by atoms with E-state index in [1.54, 1.807) is 6.92 Å². The van der Waals surface area contributed by atoms with Crippen molar-refractivity contribution in [3.63, 3.8) is 0 Å². The van der Waals surface area contributed by atoms with Gasteiger partial charge in [-0.05, 0) is 50.6 Å². The molecule has 0 saturated heterocycles. The highest BCUT2D eigenvalue weighted by molar-refractivity contribution is 7.59. The van der Waals surface area contributed by atoms with Crippen LogP contribution in [0.5, 0.6) is 0 Å². The van der Waals surface area contributed by atoms with E-state index < -0.39 is 11.7 Å². The molecule has 0 aliphatic heterocycles. The fraction of sp³-hybridized carbons (Fsp3) is 0.455. The van der Waals surface area contributed by atoms with Gasteiger partial charge < -0.3 is 0 Å². The Balaban J connectivity index is 0.00000364. The van der Waals surface area contributed by atoms with Gasteiger partial charge in [0.2, 0.25) is 0 Å². The van der Waals surface area contributed by atoms with Crippen LogP contribution in [0.25, 0.3) is 0 Å². The lowest BCUT2D eigenvalue weighted by Crippen LogP contribution is -2.28. The van der Waals surface area contributed by atoms with Crippen LogP contribution < -0.4 is 0 Å². The third-order valence-electron chi connectivity index (χ3n) is 5.03. The van der Waals surface area contributed by atoms with E-state index in [4.69, 9.17) is 0 Å². The largest absolute Gasteiger partial charge is 0.416 e. The Kier molecular flexibility index (Phi) is 8.89. The molecule has 2 atom stereocenters. The lowest BCUT2D eigenvalue weighted by molar-refractivity contribution is -0.137. The quantitative estimate of drug-likeness (QED) is 0.484. The second-order valence-corrected chi connectivity index (χ2v) is 7.04. The highest BCUT2D eigenvalue weighted by Crippen LogP contribution is 2.36. The van der Waals surface area contributed by atoms with Crippen LogP contribution in [0.3, 0.4) is 0 Å². The van der Waals surface area contributed by atoms with Crippen LogP contribution in [0, 0.1) is 6.92 Å². The summed E-state index contributed by atoms with van der Waals surface area (Å²) in [5.74, 6) is 0. The summed E-state index contributed by atoms with van der Waals surface area (Å²) < 4.78 is 39.8. The van der Waals surface area contributed by atoms with Crippen LogP contribution in [-0.2, 0) is 6.18 Å². The van der Waals surface area contributed by atoms with Crippen LogP contribution in [0.1, 0.15) is 67.4 Å². The SMILES string of the molecule is CCCCC(c1cc(C)cc(C(F)(F)F)c1)N(C)C(C)c1ccccc1.S. The molecule has 0 bridgehead atoms. The standard InChI is InChI=1S/C22H28F3N.H2S/c1-5-6-12-21(26(4)17(3)18-10-8-7-9-11-18)19-13-16(2)14-20(15-19)22(23,24)25;/h7-11,13-15,17,21H,5-6,12H2,1-4H3;1H2. The predicted molar refractivity (Wildman–Crippen MR) is 111 cm³/mol. The lowest BCUT2D eigenvalue weighted by Gasteiger charge is -2.34. The highest BCUT2D eigenvalue weighted by Gasteiger charge is 2.32. The molecule has 0 fully saturated rings. The van der Waals surface area contributed by atoms with Crippen LogP contribution >= 0.6 is 13.5 Å². The van der Waals surface area contributed by atoms with Crippen molar-refractivity contribution in [3.8, 4) is 0 Å². The van der Waals surface area contributed by atoms with E-state index in [-0.39, 0.29) is 25.6 Å². The Bertz CT molecular complexity index is 700. The monoisotopic (exact) mass is 397 g/mol. The van der Waals surface area contributed by atoms with Gasteiger partial charge in [-0.3, -0.25) is 4.90 Å². The molecule has 2 unspecified atom stereocenters. The first-order valence-corrected chi connectivity index (χ1v) is 9.19. The van der Waals surface area contributed by atoms with E-state index in [2.05, 4.69) is 30.9 Å². The number of rotatable bonds is 7. The average molecular weight is 398 g/mol. The number of hydrogen-bond acceptors (Lipinski definition) is 1. The normalized spacial score (nSPS) is 13.9. The minimum absolute atomic E-state index is 0. The Hall–Kier alpha value is -1.46. The molecule has 150 valence electrons. The van der Waals surface area contributed by atoms with E-state index in [9.17, 15) is 13.2 Å². The second-order valence-electron chi connectivity index (χ2n) is 7.04. The number of alkyl halides is 3. The first-order valence-electron chi connectivity index (χ1n) is 9.19. The predicted octanol–water partition coefficient (Wildman–Crippen LogP) is 7.05. The molecular weight excluding hydrogens is 367 g/mol. The molecule has 0 N–H and O–H groups in total. The third-order valence-corrected chi connectivity index (χ3v) is 5.03. The van der Waals surface area contributed by atoms with Crippen molar-refractivity contribution in [1.82, 2.24) is 4.90 Å². The van der Waals surface area contributed by atoms with Crippen molar-refractivity contribution < 1.29 is 13.2 Å². The summed E-state index contributed by atoms with van der Waals surface area (Å²) in [6, 6.07) is 14.6. The van der Waals surface area contributed by atoms with Crippen LogP contribution in [-0.4, -0.2) is 11.9 Å². The molecule has 0 amide bonds. The summed E-state index contributed by atoms with van der Waals surface area (Å²) in [7, 11) is 2.01. The smallest absolute Gasteiger partial charge is 0.293 e. The van der Waals surface area contributed by atoms with Gasteiger partial charge in [0.15, 0.2) is 0 Å². The molecule has 1 nitrogen and oxygen atoms in total. The second kappa shape index (κ2) is 10.2. The van der Waals surface area contributed by atoms with Gasteiger partial charge in [-0.2, -0.15) is 26.7 Å². The van der Waals surface area contributed by atoms with Gasteiger partial charge in [-0.1, -0.05) is 61.7 Å². The van der Waals surface area contributed by atoms with Gasteiger partial charge >= 0.3 is 6.18 Å². The maximum absolute atomic E-state index is 13.3. The molecule has 2 aromatic carbocycles. The Morgan fingerprint density at radius 3 is 2.19 bits per heavy atom. The van der Waals surface area contributed by atoms with Gasteiger partial charge in [0.1, 0.15) is 0 Å². The molecule has 0 aromatic heterocycles. The fourth-order valence-electron chi connectivity index (χ4n) is 3.41. The van der Waals surface area contributed by atoms with E-state index in [1.807, 2.05) is 31.3 Å². The number of hydrogen-bond donors (Lipinski definition) is 0. The maximum Gasteiger partial charge on any atom is 0.416 e. The van der Waals surface area contributed by atoms with Crippen molar-refractivity contribution in [2.45, 2.75) is 58.3 Å². The topological polar surface area (TPSA) is 3.24 Å². The Labute approximate surface area is 168 Å². The fourth-order valence-corrected chi connectivity index (χ4v) is 3.41. The van der Waals surface area contributed by atoms with Crippen LogP contribution in [0.4, 0.5) is 13.2 Å². The minimum atomic E-state index is -4.32. The summed E-state index contributed by atoms with van der Waals surface area (Å²) in [4.78, 5) is 2.19.